The zero-order valence-electron chi connectivity index (χ0n) is 9.71. The lowest BCUT2D eigenvalue weighted by Crippen LogP contribution is -2.13. The van der Waals surface area contributed by atoms with Crippen molar-refractivity contribution in [2.45, 2.75) is 19.4 Å². The van der Waals surface area contributed by atoms with Crippen LogP contribution in [0.15, 0.2) is 23.6 Å². The van der Waals surface area contributed by atoms with E-state index in [4.69, 9.17) is 17.3 Å². The van der Waals surface area contributed by atoms with Gasteiger partial charge in [-0.25, -0.2) is 8.78 Å². The van der Waals surface area contributed by atoms with Crippen molar-refractivity contribution in [2.75, 3.05) is 0 Å². The molecule has 0 amide bonds. The Morgan fingerprint density at radius 3 is 2.72 bits per heavy atom. The number of hydrogen-bond donors (Lipinski definition) is 1. The number of halogens is 3. The van der Waals surface area contributed by atoms with Crippen LogP contribution in [0.4, 0.5) is 8.78 Å². The van der Waals surface area contributed by atoms with Gasteiger partial charge in [0.2, 0.25) is 0 Å². The second-order valence-electron chi connectivity index (χ2n) is 4.14. The quantitative estimate of drug-likeness (QED) is 0.898. The van der Waals surface area contributed by atoms with Gasteiger partial charge < -0.3 is 5.73 Å². The van der Waals surface area contributed by atoms with Gasteiger partial charge in [0.15, 0.2) is 0 Å². The molecule has 0 fully saturated rings. The van der Waals surface area contributed by atoms with Gasteiger partial charge in [-0.2, -0.15) is 0 Å². The highest BCUT2D eigenvalue weighted by molar-refractivity contribution is 7.10. The molecule has 18 heavy (non-hydrogen) atoms. The minimum atomic E-state index is -0.466. The van der Waals surface area contributed by atoms with Crippen molar-refractivity contribution in [3.63, 3.8) is 0 Å². The molecule has 0 bridgehead atoms. The van der Waals surface area contributed by atoms with Gasteiger partial charge >= 0.3 is 0 Å². The van der Waals surface area contributed by atoms with Gasteiger partial charge in [0.05, 0.1) is 5.02 Å². The normalized spacial score (nSPS) is 12.7. The van der Waals surface area contributed by atoms with Crippen molar-refractivity contribution in [2.24, 2.45) is 5.73 Å². The van der Waals surface area contributed by atoms with Crippen LogP contribution < -0.4 is 5.73 Å². The lowest BCUT2D eigenvalue weighted by atomic mass is 10.0. The van der Waals surface area contributed by atoms with Gasteiger partial charge in [-0.1, -0.05) is 11.6 Å². The molecule has 0 saturated heterocycles. The summed E-state index contributed by atoms with van der Waals surface area (Å²) in [5, 5.41) is 2.52. The van der Waals surface area contributed by atoms with E-state index in [1.165, 1.54) is 17.4 Å². The number of thiophene rings is 1. The maximum atomic E-state index is 13.5. The standard InChI is InChI=1S/C13H12ClF2NS/c1-7-6-18-13(12(7)14)11(17)5-8-4-9(15)2-3-10(8)16/h2-4,6,11H,5,17H2,1H3. The number of rotatable bonds is 3. The first-order valence-electron chi connectivity index (χ1n) is 5.42. The lowest BCUT2D eigenvalue weighted by molar-refractivity contribution is 0.574. The highest BCUT2D eigenvalue weighted by atomic mass is 35.5. The molecule has 0 aliphatic heterocycles. The van der Waals surface area contributed by atoms with Crippen LogP contribution in [-0.4, -0.2) is 0 Å². The Bertz CT molecular complexity index is 568. The van der Waals surface area contributed by atoms with Crippen LogP contribution in [0.25, 0.3) is 0 Å². The third-order valence-electron chi connectivity index (χ3n) is 2.71. The molecule has 1 aromatic carbocycles. The van der Waals surface area contributed by atoms with Crippen LogP contribution in [0.3, 0.4) is 0 Å². The molecule has 1 unspecified atom stereocenters. The molecule has 0 radical (unpaired) electrons. The van der Waals surface area contributed by atoms with Gasteiger partial charge in [-0.15, -0.1) is 11.3 Å². The summed E-state index contributed by atoms with van der Waals surface area (Å²) in [7, 11) is 0. The minimum absolute atomic E-state index is 0.225. The predicted molar refractivity (Wildman–Crippen MR) is 71.1 cm³/mol. The highest BCUT2D eigenvalue weighted by Gasteiger charge is 2.16. The Hall–Kier alpha value is -0.970. The fraction of sp³-hybridized carbons (Fsp3) is 0.231. The number of nitrogens with two attached hydrogens (primary N) is 1. The molecule has 0 saturated carbocycles. The van der Waals surface area contributed by atoms with Crippen molar-refractivity contribution in [1.82, 2.24) is 0 Å². The van der Waals surface area contributed by atoms with Crippen molar-refractivity contribution in [1.29, 1.82) is 0 Å². The van der Waals surface area contributed by atoms with E-state index in [1.807, 2.05) is 12.3 Å². The summed E-state index contributed by atoms with van der Waals surface area (Å²) in [6.07, 6.45) is 0.225. The fourth-order valence-electron chi connectivity index (χ4n) is 1.73. The zero-order chi connectivity index (χ0) is 13.3. The van der Waals surface area contributed by atoms with Crippen LogP contribution >= 0.6 is 22.9 Å². The van der Waals surface area contributed by atoms with Gasteiger partial charge in [-0.05, 0) is 48.1 Å². The van der Waals surface area contributed by atoms with Crippen molar-refractivity contribution in [3.05, 3.63) is 56.2 Å². The summed E-state index contributed by atoms with van der Waals surface area (Å²) in [4.78, 5) is 0.804. The summed E-state index contributed by atoms with van der Waals surface area (Å²) >= 11 is 7.54. The first-order chi connectivity index (χ1) is 8.49. The maximum Gasteiger partial charge on any atom is 0.126 e. The van der Waals surface area contributed by atoms with Gasteiger partial charge in [0.1, 0.15) is 11.6 Å². The van der Waals surface area contributed by atoms with Gasteiger partial charge in [0.25, 0.3) is 0 Å². The van der Waals surface area contributed by atoms with E-state index in [2.05, 4.69) is 0 Å². The molecule has 2 rings (SSSR count). The molecule has 1 heterocycles. The van der Waals surface area contributed by atoms with Crippen LogP contribution in [0.2, 0.25) is 5.02 Å². The first kappa shape index (κ1) is 13.5. The first-order valence-corrected chi connectivity index (χ1v) is 6.67. The SMILES string of the molecule is Cc1csc(C(N)Cc2cc(F)ccc2F)c1Cl. The van der Waals surface area contributed by atoms with Crippen LogP contribution in [-0.2, 0) is 6.42 Å². The molecule has 1 aromatic heterocycles. The molecule has 0 aliphatic rings. The van der Waals surface area contributed by atoms with Crippen LogP contribution in [0.5, 0.6) is 0 Å². The average molecular weight is 288 g/mol. The van der Waals surface area contributed by atoms with Gasteiger partial charge in [0, 0.05) is 10.9 Å². The molecule has 96 valence electrons. The maximum absolute atomic E-state index is 13.5. The predicted octanol–water partition coefficient (Wildman–Crippen LogP) is 4.23. The highest BCUT2D eigenvalue weighted by Crippen LogP contribution is 2.33. The van der Waals surface area contributed by atoms with E-state index in [9.17, 15) is 8.78 Å². The Balaban J connectivity index is 2.23. The molecular formula is C13H12ClF2NS. The van der Waals surface area contributed by atoms with Crippen molar-refractivity contribution in [3.8, 4) is 0 Å². The van der Waals surface area contributed by atoms with Gasteiger partial charge in [-0.3, -0.25) is 0 Å². The van der Waals surface area contributed by atoms with E-state index in [1.54, 1.807) is 0 Å². The second kappa shape index (κ2) is 5.34. The Labute approximate surface area is 113 Å². The minimum Gasteiger partial charge on any atom is -0.323 e. The van der Waals surface area contributed by atoms with Crippen molar-refractivity contribution >= 4 is 22.9 Å². The average Bonchev–Trinajstić information content (AvgIpc) is 2.65. The van der Waals surface area contributed by atoms with E-state index in [-0.39, 0.29) is 12.0 Å². The fourth-order valence-corrected chi connectivity index (χ4v) is 3.07. The number of aryl methyl sites for hydroxylation is 1. The Morgan fingerprint density at radius 2 is 2.11 bits per heavy atom. The summed E-state index contributed by atoms with van der Waals surface area (Å²) in [5.74, 6) is -0.914. The molecule has 5 heteroatoms. The summed E-state index contributed by atoms with van der Waals surface area (Å²) in [5.41, 5.74) is 7.22. The van der Waals surface area contributed by atoms with Crippen molar-refractivity contribution < 1.29 is 8.78 Å². The molecule has 2 aromatic rings. The van der Waals surface area contributed by atoms with E-state index in [0.717, 1.165) is 22.6 Å². The number of hydrogen-bond acceptors (Lipinski definition) is 2. The molecule has 2 N–H and O–H groups in total. The summed E-state index contributed by atoms with van der Waals surface area (Å²) < 4.78 is 26.6. The van der Waals surface area contributed by atoms with Crippen LogP contribution in [0.1, 0.15) is 22.0 Å². The Morgan fingerprint density at radius 1 is 1.39 bits per heavy atom. The second-order valence-corrected chi connectivity index (χ2v) is 5.43. The molecular weight excluding hydrogens is 276 g/mol. The third-order valence-corrected chi connectivity index (χ3v) is 4.56. The monoisotopic (exact) mass is 287 g/mol. The summed E-state index contributed by atoms with van der Waals surface area (Å²) in [6.45, 7) is 1.89. The molecule has 0 spiro atoms. The van der Waals surface area contributed by atoms with E-state index in [0.29, 0.717) is 5.02 Å². The molecule has 1 atom stereocenters. The van der Waals surface area contributed by atoms with Crippen LogP contribution in [0, 0.1) is 18.6 Å². The zero-order valence-corrected chi connectivity index (χ0v) is 11.3. The topological polar surface area (TPSA) is 26.0 Å². The smallest absolute Gasteiger partial charge is 0.126 e. The third kappa shape index (κ3) is 2.71. The van der Waals surface area contributed by atoms with E-state index >= 15 is 0 Å². The molecule has 0 aliphatic carbocycles. The number of benzene rings is 1. The largest absolute Gasteiger partial charge is 0.323 e. The Kier molecular flexibility index (Phi) is 4.00. The lowest BCUT2D eigenvalue weighted by Gasteiger charge is -2.11. The molecule has 1 nitrogen and oxygen atoms in total. The van der Waals surface area contributed by atoms with E-state index < -0.39 is 17.7 Å². The summed E-state index contributed by atoms with van der Waals surface area (Å²) in [6, 6.07) is 2.95.